The van der Waals surface area contributed by atoms with Gasteiger partial charge in [-0.05, 0) is 27.8 Å². The minimum absolute atomic E-state index is 0.0411. The average Bonchev–Trinajstić information content (AvgIpc) is 2.60. The maximum atomic E-state index is 5.54. The molecule has 0 aliphatic carbocycles. The summed E-state index contributed by atoms with van der Waals surface area (Å²) in [5.74, 6) is 0. The van der Waals surface area contributed by atoms with Crippen molar-refractivity contribution in [2.75, 3.05) is 31.7 Å². The Morgan fingerprint density at radius 2 is 2.29 bits per heavy atom. The molecule has 4 nitrogen and oxygen atoms in total. The fraction of sp³-hybridized carbons (Fsp3) is 0.750. The summed E-state index contributed by atoms with van der Waals surface area (Å²) in [7, 11) is 1.97. The highest BCUT2D eigenvalue weighted by Crippen LogP contribution is 2.32. The summed E-state index contributed by atoms with van der Waals surface area (Å²) in [5, 5.41) is 4.31. The molecule has 0 spiro atoms. The van der Waals surface area contributed by atoms with Gasteiger partial charge < -0.3 is 15.0 Å². The average molecular weight is 255 g/mol. The van der Waals surface area contributed by atoms with E-state index < -0.39 is 0 Å². The van der Waals surface area contributed by atoms with Gasteiger partial charge in [-0.25, -0.2) is 4.98 Å². The van der Waals surface area contributed by atoms with Gasteiger partial charge in [0.2, 0.25) is 0 Å². The molecule has 0 radical (unpaired) electrons. The molecule has 1 aromatic heterocycles. The number of hydrogen-bond acceptors (Lipinski definition) is 5. The molecular formula is C12H21N3OS. The van der Waals surface area contributed by atoms with E-state index in [1.165, 1.54) is 4.88 Å². The Balaban J connectivity index is 2.23. The zero-order chi connectivity index (χ0) is 12.5. The fourth-order valence-corrected chi connectivity index (χ4v) is 3.33. The van der Waals surface area contributed by atoms with Crippen molar-refractivity contribution in [1.82, 2.24) is 10.3 Å². The molecular weight excluding hydrogens is 234 g/mol. The van der Waals surface area contributed by atoms with Crippen LogP contribution in [0.15, 0.2) is 0 Å². The van der Waals surface area contributed by atoms with E-state index >= 15 is 0 Å². The first-order valence-electron chi connectivity index (χ1n) is 6.01. The van der Waals surface area contributed by atoms with Crippen LogP contribution in [0.5, 0.6) is 0 Å². The van der Waals surface area contributed by atoms with E-state index in [9.17, 15) is 0 Å². The van der Waals surface area contributed by atoms with E-state index in [1.54, 1.807) is 11.3 Å². The van der Waals surface area contributed by atoms with Crippen molar-refractivity contribution in [3.05, 3.63) is 10.6 Å². The number of morpholine rings is 1. The third-order valence-electron chi connectivity index (χ3n) is 3.09. The maximum Gasteiger partial charge on any atom is 0.186 e. The Labute approximate surface area is 107 Å². The van der Waals surface area contributed by atoms with Crippen LogP contribution >= 0.6 is 11.3 Å². The van der Waals surface area contributed by atoms with E-state index in [4.69, 9.17) is 9.72 Å². The lowest BCUT2D eigenvalue weighted by molar-refractivity contribution is 0.0643. The van der Waals surface area contributed by atoms with Gasteiger partial charge in [0.05, 0.1) is 24.4 Å². The van der Waals surface area contributed by atoms with Crippen LogP contribution < -0.4 is 10.2 Å². The number of hydrogen-bond donors (Lipinski definition) is 1. The van der Waals surface area contributed by atoms with Gasteiger partial charge in [0.1, 0.15) is 0 Å². The first-order valence-corrected chi connectivity index (χ1v) is 6.82. The van der Waals surface area contributed by atoms with Crippen LogP contribution in [0, 0.1) is 6.92 Å². The second-order valence-electron chi connectivity index (χ2n) is 5.05. The zero-order valence-electron chi connectivity index (χ0n) is 11.0. The molecule has 1 N–H and O–H groups in total. The van der Waals surface area contributed by atoms with E-state index in [2.05, 4.69) is 31.0 Å². The molecule has 0 amide bonds. The third kappa shape index (κ3) is 2.61. The first kappa shape index (κ1) is 12.8. The van der Waals surface area contributed by atoms with E-state index in [0.717, 1.165) is 37.1 Å². The molecule has 0 unspecified atom stereocenters. The van der Waals surface area contributed by atoms with E-state index in [1.807, 2.05) is 7.05 Å². The van der Waals surface area contributed by atoms with Gasteiger partial charge in [0, 0.05) is 18.0 Å². The number of rotatable bonds is 3. The molecule has 96 valence electrons. The number of ether oxygens (including phenoxy) is 1. The lowest BCUT2D eigenvalue weighted by Crippen LogP contribution is -2.53. The Kier molecular flexibility index (Phi) is 3.70. The normalized spacial score (nSPS) is 19.6. The van der Waals surface area contributed by atoms with Crippen LogP contribution in [0.25, 0.3) is 0 Å². The Bertz CT molecular complexity index is 389. The number of nitrogens with zero attached hydrogens (tertiary/aromatic N) is 2. The summed E-state index contributed by atoms with van der Waals surface area (Å²) in [6, 6.07) is 0. The number of thiazole rings is 1. The van der Waals surface area contributed by atoms with Crippen LogP contribution in [-0.2, 0) is 11.3 Å². The van der Waals surface area contributed by atoms with Crippen LogP contribution in [0.2, 0.25) is 0 Å². The Morgan fingerprint density at radius 3 is 2.94 bits per heavy atom. The van der Waals surface area contributed by atoms with Crippen molar-refractivity contribution in [3.63, 3.8) is 0 Å². The van der Waals surface area contributed by atoms with Gasteiger partial charge in [0.25, 0.3) is 0 Å². The minimum atomic E-state index is 0.0411. The van der Waals surface area contributed by atoms with Crippen molar-refractivity contribution >= 4 is 16.5 Å². The van der Waals surface area contributed by atoms with Crippen molar-refractivity contribution in [3.8, 4) is 0 Å². The van der Waals surface area contributed by atoms with Crippen molar-refractivity contribution in [2.45, 2.75) is 32.9 Å². The van der Waals surface area contributed by atoms with Crippen LogP contribution in [0.1, 0.15) is 24.4 Å². The highest BCUT2D eigenvalue weighted by atomic mass is 32.1. The van der Waals surface area contributed by atoms with Crippen LogP contribution in [-0.4, -0.2) is 37.3 Å². The molecule has 17 heavy (non-hydrogen) atoms. The Hall–Kier alpha value is -0.650. The van der Waals surface area contributed by atoms with Gasteiger partial charge in [-0.2, -0.15) is 0 Å². The number of aromatic nitrogens is 1. The second kappa shape index (κ2) is 4.92. The molecule has 1 saturated heterocycles. The van der Waals surface area contributed by atoms with Gasteiger partial charge in [-0.3, -0.25) is 0 Å². The quantitative estimate of drug-likeness (QED) is 0.893. The summed E-state index contributed by atoms with van der Waals surface area (Å²) in [5.41, 5.74) is 1.18. The zero-order valence-corrected chi connectivity index (χ0v) is 11.9. The van der Waals surface area contributed by atoms with E-state index in [0.29, 0.717) is 0 Å². The standard InChI is InChI=1S/C12H21N3OS/c1-9-10(7-13-4)17-11(14-9)15-5-6-16-8-12(15,2)3/h13H,5-8H2,1-4H3. The van der Waals surface area contributed by atoms with Gasteiger partial charge in [-0.15, -0.1) is 11.3 Å². The fourth-order valence-electron chi connectivity index (χ4n) is 2.07. The largest absolute Gasteiger partial charge is 0.377 e. The summed E-state index contributed by atoms with van der Waals surface area (Å²) in [6.45, 7) is 9.89. The SMILES string of the molecule is CNCc1sc(N2CCOCC2(C)C)nc1C. The number of aryl methyl sites for hydroxylation is 1. The third-order valence-corrected chi connectivity index (χ3v) is 4.28. The predicted octanol–water partition coefficient (Wildman–Crippen LogP) is 1.79. The molecule has 1 aliphatic heterocycles. The molecule has 1 aliphatic rings. The summed E-state index contributed by atoms with van der Waals surface area (Å²) in [4.78, 5) is 8.39. The maximum absolute atomic E-state index is 5.54. The smallest absolute Gasteiger partial charge is 0.186 e. The van der Waals surface area contributed by atoms with Crippen LogP contribution in [0.4, 0.5) is 5.13 Å². The number of nitrogens with one attached hydrogen (secondary N) is 1. The summed E-state index contributed by atoms with van der Waals surface area (Å²) in [6.07, 6.45) is 0. The Morgan fingerprint density at radius 1 is 1.53 bits per heavy atom. The van der Waals surface area contributed by atoms with Gasteiger partial charge >= 0.3 is 0 Å². The highest BCUT2D eigenvalue weighted by Gasteiger charge is 2.32. The molecule has 2 rings (SSSR count). The molecule has 5 heteroatoms. The lowest BCUT2D eigenvalue weighted by Gasteiger charge is -2.42. The lowest BCUT2D eigenvalue weighted by atomic mass is 10.0. The van der Waals surface area contributed by atoms with Gasteiger partial charge in [-0.1, -0.05) is 0 Å². The molecule has 2 heterocycles. The minimum Gasteiger partial charge on any atom is -0.377 e. The first-order chi connectivity index (χ1) is 8.04. The van der Waals surface area contributed by atoms with Gasteiger partial charge in [0.15, 0.2) is 5.13 Å². The van der Waals surface area contributed by atoms with Crippen molar-refractivity contribution in [2.24, 2.45) is 0 Å². The second-order valence-corrected chi connectivity index (χ2v) is 6.11. The predicted molar refractivity (Wildman–Crippen MR) is 71.9 cm³/mol. The summed E-state index contributed by atoms with van der Waals surface area (Å²) >= 11 is 1.79. The van der Waals surface area contributed by atoms with Crippen molar-refractivity contribution < 1.29 is 4.74 Å². The molecule has 1 aromatic rings. The summed E-state index contributed by atoms with van der Waals surface area (Å²) < 4.78 is 5.54. The number of anilines is 1. The van der Waals surface area contributed by atoms with Crippen molar-refractivity contribution in [1.29, 1.82) is 0 Å². The molecule has 0 aromatic carbocycles. The topological polar surface area (TPSA) is 37.4 Å². The van der Waals surface area contributed by atoms with Crippen LogP contribution in [0.3, 0.4) is 0 Å². The monoisotopic (exact) mass is 255 g/mol. The molecule has 0 atom stereocenters. The molecule has 0 saturated carbocycles. The molecule has 1 fully saturated rings. The highest BCUT2D eigenvalue weighted by molar-refractivity contribution is 7.15. The van der Waals surface area contributed by atoms with E-state index in [-0.39, 0.29) is 5.54 Å². The molecule has 0 bridgehead atoms.